The van der Waals surface area contributed by atoms with Gasteiger partial charge in [0, 0.05) is 8.59 Å². The van der Waals surface area contributed by atoms with Crippen molar-refractivity contribution in [3.05, 3.63) is 26.8 Å². The average molecular weight is 392 g/mol. The van der Waals surface area contributed by atoms with E-state index in [1.54, 1.807) is 6.07 Å². The fraction of sp³-hybridized carbons (Fsp3) is 0.182. The molecule has 0 fully saturated rings. The van der Waals surface area contributed by atoms with Crippen molar-refractivity contribution in [2.75, 3.05) is 17.7 Å². The smallest absolute Gasteiger partial charge is 0.323 e. The zero-order chi connectivity index (χ0) is 13.8. The minimum atomic E-state index is 0.102. The predicted molar refractivity (Wildman–Crippen MR) is 82.9 cm³/mol. The van der Waals surface area contributed by atoms with Gasteiger partial charge in [0.1, 0.15) is 0 Å². The number of nitrogens with one attached hydrogen (secondary N) is 1. The van der Waals surface area contributed by atoms with Crippen LogP contribution in [-0.4, -0.2) is 21.6 Å². The third-order valence-corrected chi connectivity index (χ3v) is 3.21. The van der Waals surface area contributed by atoms with Crippen LogP contribution in [0, 0.1) is 3.57 Å². The number of anilines is 3. The van der Waals surface area contributed by atoms with Crippen molar-refractivity contribution in [3.63, 3.8) is 0 Å². The Bertz CT molecular complexity index is 595. The first kappa shape index (κ1) is 14.1. The summed E-state index contributed by atoms with van der Waals surface area (Å²) >= 11 is 8.06. The predicted octanol–water partition coefficient (Wildman–Crippen LogP) is 2.85. The van der Waals surface area contributed by atoms with Crippen molar-refractivity contribution in [1.82, 2.24) is 15.0 Å². The lowest BCUT2D eigenvalue weighted by molar-refractivity contribution is 0.312. The van der Waals surface area contributed by atoms with E-state index in [0.717, 1.165) is 9.26 Å². The number of nitrogens with two attached hydrogens (primary N) is 1. The molecule has 0 aliphatic heterocycles. The highest BCUT2D eigenvalue weighted by Crippen LogP contribution is 2.24. The molecule has 0 radical (unpaired) electrons. The lowest BCUT2D eigenvalue weighted by Crippen LogP contribution is -2.07. The molecule has 19 heavy (non-hydrogen) atoms. The van der Waals surface area contributed by atoms with E-state index in [-0.39, 0.29) is 12.0 Å². The minimum absolute atomic E-state index is 0.102. The second-order valence-electron chi connectivity index (χ2n) is 3.48. The average Bonchev–Trinajstić information content (AvgIpc) is 2.32. The van der Waals surface area contributed by atoms with Gasteiger partial charge in [0.25, 0.3) is 0 Å². The maximum Gasteiger partial charge on any atom is 0.323 e. The molecule has 1 aromatic carbocycles. The number of ether oxygens (including phenoxy) is 1. The van der Waals surface area contributed by atoms with Crippen LogP contribution in [0.4, 0.5) is 17.6 Å². The van der Waals surface area contributed by atoms with Crippen molar-refractivity contribution < 1.29 is 4.74 Å². The Hall–Kier alpha value is -1.35. The molecule has 8 heteroatoms. The number of halogens is 2. The molecule has 0 aliphatic rings. The Morgan fingerprint density at radius 1 is 1.37 bits per heavy atom. The van der Waals surface area contributed by atoms with Gasteiger partial charge in [0.05, 0.1) is 12.3 Å². The largest absolute Gasteiger partial charge is 0.464 e. The lowest BCUT2D eigenvalue weighted by Gasteiger charge is -2.09. The molecular weight excluding hydrogens is 381 g/mol. The Morgan fingerprint density at radius 2 is 2.16 bits per heavy atom. The summed E-state index contributed by atoms with van der Waals surface area (Å²) in [6.07, 6.45) is 0. The molecule has 0 saturated heterocycles. The highest BCUT2D eigenvalue weighted by Gasteiger charge is 2.07. The third-order valence-electron chi connectivity index (χ3n) is 2.08. The van der Waals surface area contributed by atoms with Gasteiger partial charge in [0.15, 0.2) is 0 Å². The molecule has 100 valence electrons. The van der Waals surface area contributed by atoms with Gasteiger partial charge in [-0.05, 0) is 47.7 Å². The van der Waals surface area contributed by atoms with E-state index < -0.39 is 0 Å². The van der Waals surface area contributed by atoms with Crippen LogP contribution in [0.2, 0.25) is 5.02 Å². The van der Waals surface area contributed by atoms with Crippen LogP contribution < -0.4 is 15.8 Å². The lowest BCUT2D eigenvalue weighted by atomic mass is 10.3. The molecular formula is C11H11ClIN5O. The SMILES string of the molecule is CCOc1nc(N)nc(Nc2ccc(Cl)cc2I)n1. The molecule has 0 saturated carbocycles. The topological polar surface area (TPSA) is 86.0 Å². The van der Waals surface area contributed by atoms with E-state index >= 15 is 0 Å². The standard InChI is InChI=1S/C11H11ClIN5O/c1-2-19-11-17-9(14)16-10(18-11)15-8-4-3-6(12)5-7(8)13/h3-5H,2H2,1H3,(H3,14,15,16,17,18). The van der Waals surface area contributed by atoms with E-state index in [1.165, 1.54) is 0 Å². The highest BCUT2D eigenvalue weighted by molar-refractivity contribution is 14.1. The van der Waals surface area contributed by atoms with Gasteiger partial charge in [-0.3, -0.25) is 0 Å². The van der Waals surface area contributed by atoms with Gasteiger partial charge in [0.2, 0.25) is 11.9 Å². The molecule has 1 heterocycles. The molecule has 3 N–H and O–H groups in total. The summed E-state index contributed by atoms with van der Waals surface area (Å²) in [5.74, 6) is 0.432. The second kappa shape index (κ2) is 6.20. The Balaban J connectivity index is 2.27. The third kappa shape index (κ3) is 3.80. The quantitative estimate of drug-likeness (QED) is 0.780. The van der Waals surface area contributed by atoms with E-state index in [2.05, 4.69) is 42.9 Å². The van der Waals surface area contributed by atoms with Crippen LogP contribution in [0.15, 0.2) is 18.2 Å². The van der Waals surface area contributed by atoms with Gasteiger partial charge in [-0.15, -0.1) is 0 Å². The van der Waals surface area contributed by atoms with Crippen LogP contribution in [0.1, 0.15) is 6.92 Å². The van der Waals surface area contributed by atoms with Gasteiger partial charge in [-0.25, -0.2) is 0 Å². The maximum absolute atomic E-state index is 5.90. The summed E-state index contributed by atoms with van der Waals surface area (Å²) < 4.78 is 6.16. The van der Waals surface area contributed by atoms with Gasteiger partial charge in [-0.1, -0.05) is 11.6 Å². The molecule has 2 rings (SSSR count). The number of nitrogen functional groups attached to an aromatic ring is 1. The van der Waals surface area contributed by atoms with Gasteiger partial charge >= 0.3 is 6.01 Å². The zero-order valence-electron chi connectivity index (χ0n) is 10.0. The van der Waals surface area contributed by atoms with Crippen molar-refractivity contribution in [1.29, 1.82) is 0 Å². The molecule has 6 nitrogen and oxygen atoms in total. The van der Waals surface area contributed by atoms with Crippen LogP contribution in [0.3, 0.4) is 0 Å². The molecule has 0 unspecified atom stereocenters. The summed E-state index contributed by atoms with van der Waals surface area (Å²) in [5, 5.41) is 3.72. The highest BCUT2D eigenvalue weighted by atomic mass is 127. The van der Waals surface area contributed by atoms with E-state index in [4.69, 9.17) is 22.1 Å². The summed E-state index contributed by atoms with van der Waals surface area (Å²) in [4.78, 5) is 12.0. The minimum Gasteiger partial charge on any atom is -0.464 e. The summed E-state index contributed by atoms with van der Waals surface area (Å²) in [6.45, 7) is 2.30. The molecule has 0 aliphatic carbocycles. The van der Waals surface area contributed by atoms with Crippen molar-refractivity contribution >= 4 is 51.8 Å². The molecule has 1 aromatic heterocycles. The number of benzene rings is 1. The maximum atomic E-state index is 5.90. The van der Waals surface area contributed by atoms with E-state index in [1.807, 2.05) is 19.1 Å². The van der Waals surface area contributed by atoms with E-state index in [9.17, 15) is 0 Å². The number of hydrogen-bond donors (Lipinski definition) is 2. The van der Waals surface area contributed by atoms with Crippen LogP contribution in [-0.2, 0) is 0 Å². The summed E-state index contributed by atoms with van der Waals surface area (Å²) in [6, 6.07) is 5.64. The van der Waals surface area contributed by atoms with Crippen LogP contribution >= 0.6 is 34.2 Å². The first-order chi connectivity index (χ1) is 9.08. The summed E-state index contributed by atoms with van der Waals surface area (Å²) in [7, 11) is 0. The number of rotatable bonds is 4. The molecule has 0 amide bonds. The zero-order valence-corrected chi connectivity index (χ0v) is 12.9. The Morgan fingerprint density at radius 3 is 2.84 bits per heavy atom. The first-order valence-electron chi connectivity index (χ1n) is 5.45. The number of aromatic nitrogens is 3. The molecule has 0 atom stereocenters. The first-order valence-corrected chi connectivity index (χ1v) is 6.90. The second-order valence-corrected chi connectivity index (χ2v) is 5.08. The molecule has 2 aromatic rings. The fourth-order valence-corrected chi connectivity index (χ4v) is 2.34. The normalized spacial score (nSPS) is 10.3. The number of hydrogen-bond acceptors (Lipinski definition) is 6. The van der Waals surface area contributed by atoms with Crippen LogP contribution in [0.25, 0.3) is 0 Å². The van der Waals surface area contributed by atoms with Gasteiger partial charge < -0.3 is 15.8 Å². The number of nitrogens with zero attached hydrogens (tertiary/aromatic N) is 3. The van der Waals surface area contributed by atoms with Crippen LogP contribution in [0.5, 0.6) is 6.01 Å². The van der Waals surface area contributed by atoms with Crippen molar-refractivity contribution in [2.45, 2.75) is 6.92 Å². The molecule has 0 spiro atoms. The fourth-order valence-electron chi connectivity index (χ4n) is 1.33. The summed E-state index contributed by atoms with van der Waals surface area (Å²) in [5.41, 5.74) is 6.43. The van der Waals surface area contributed by atoms with Crippen molar-refractivity contribution in [2.24, 2.45) is 0 Å². The van der Waals surface area contributed by atoms with Crippen molar-refractivity contribution in [3.8, 4) is 6.01 Å². The molecule has 0 bridgehead atoms. The monoisotopic (exact) mass is 391 g/mol. The Labute approximate surface area is 128 Å². The van der Waals surface area contributed by atoms with Gasteiger partial charge in [-0.2, -0.15) is 15.0 Å². The Kier molecular flexibility index (Phi) is 4.59. The van der Waals surface area contributed by atoms with E-state index in [0.29, 0.717) is 17.6 Å².